The second kappa shape index (κ2) is 3.64. The van der Waals surface area contributed by atoms with Crippen LogP contribution in [0.4, 0.5) is 5.69 Å². The molecule has 0 aliphatic carbocycles. The zero-order chi connectivity index (χ0) is 11.1. The minimum absolute atomic E-state index is 0.0219. The lowest BCUT2D eigenvalue weighted by atomic mass is 10.1. The van der Waals surface area contributed by atoms with Crippen LogP contribution in [0.25, 0.3) is 0 Å². The van der Waals surface area contributed by atoms with Gasteiger partial charge < -0.3 is 15.5 Å². The lowest BCUT2D eigenvalue weighted by Gasteiger charge is -2.42. The minimum Gasteiger partial charge on any atom is -0.347 e. The summed E-state index contributed by atoms with van der Waals surface area (Å²) in [6, 6.07) is 5.45. The van der Waals surface area contributed by atoms with Crippen LogP contribution in [0.5, 0.6) is 0 Å². The van der Waals surface area contributed by atoms with Gasteiger partial charge in [0.15, 0.2) is 0 Å². The Kier molecular flexibility index (Phi) is 2.26. The average molecular weight is 238 g/mol. The van der Waals surface area contributed by atoms with E-state index in [0.717, 1.165) is 25.3 Å². The summed E-state index contributed by atoms with van der Waals surface area (Å²) < 4.78 is 0. The number of nitrogens with one attached hydrogen (secondary N) is 2. The van der Waals surface area contributed by atoms with Gasteiger partial charge in [0, 0.05) is 19.6 Å². The SMILES string of the molecule is O=C1N[C@H]2CNCCN2c2c(Cl)cccc21. The third-order valence-electron chi connectivity index (χ3n) is 3.06. The molecular formula is C11H12ClN3O. The topological polar surface area (TPSA) is 44.4 Å². The van der Waals surface area contributed by atoms with Crippen molar-refractivity contribution in [3.05, 3.63) is 28.8 Å². The van der Waals surface area contributed by atoms with Crippen molar-refractivity contribution in [2.24, 2.45) is 0 Å². The number of carbonyl (C=O) groups is 1. The van der Waals surface area contributed by atoms with Crippen molar-refractivity contribution in [2.75, 3.05) is 24.5 Å². The van der Waals surface area contributed by atoms with Crippen LogP contribution in [0.2, 0.25) is 5.02 Å². The molecule has 84 valence electrons. The lowest BCUT2D eigenvalue weighted by molar-refractivity contribution is 0.0923. The number of nitrogens with zero attached hydrogens (tertiary/aromatic N) is 1. The first-order valence-electron chi connectivity index (χ1n) is 5.34. The Morgan fingerprint density at radius 3 is 3.19 bits per heavy atom. The van der Waals surface area contributed by atoms with Crippen molar-refractivity contribution in [3.8, 4) is 0 Å². The van der Waals surface area contributed by atoms with E-state index in [4.69, 9.17) is 11.6 Å². The Balaban J connectivity index is 2.13. The monoisotopic (exact) mass is 237 g/mol. The fourth-order valence-electron chi connectivity index (χ4n) is 2.32. The van der Waals surface area contributed by atoms with Crippen LogP contribution >= 0.6 is 11.6 Å². The molecule has 2 aliphatic rings. The molecule has 1 atom stereocenters. The molecule has 1 fully saturated rings. The third kappa shape index (κ3) is 1.37. The van der Waals surface area contributed by atoms with Gasteiger partial charge in [-0.1, -0.05) is 17.7 Å². The summed E-state index contributed by atoms with van der Waals surface area (Å²) in [6.07, 6.45) is 0.0219. The normalized spacial score (nSPS) is 23.4. The second-order valence-corrected chi connectivity index (χ2v) is 4.43. The molecule has 1 amide bonds. The molecule has 2 heterocycles. The maximum absolute atomic E-state index is 11.9. The number of halogens is 1. The highest BCUT2D eigenvalue weighted by atomic mass is 35.5. The van der Waals surface area contributed by atoms with Crippen LogP contribution in [0.1, 0.15) is 10.4 Å². The average Bonchev–Trinajstić information content (AvgIpc) is 2.30. The van der Waals surface area contributed by atoms with Crippen LogP contribution in [0.3, 0.4) is 0 Å². The number of carbonyl (C=O) groups excluding carboxylic acids is 1. The smallest absolute Gasteiger partial charge is 0.255 e. The fourth-order valence-corrected chi connectivity index (χ4v) is 2.60. The lowest BCUT2D eigenvalue weighted by Crippen LogP contribution is -2.62. The molecule has 0 spiro atoms. The van der Waals surface area contributed by atoms with Crippen LogP contribution < -0.4 is 15.5 Å². The van der Waals surface area contributed by atoms with Crippen molar-refractivity contribution in [1.29, 1.82) is 0 Å². The van der Waals surface area contributed by atoms with Gasteiger partial charge in [-0.05, 0) is 12.1 Å². The van der Waals surface area contributed by atoms with E-state index in [0.29, 0.717) is 10.6 Å². The predicted octanol–water partition coefficient (Wildman–Crippen LogP) is 0.819. The van der Waals surface area contributed by atoms with Gasteiger partial charge in [-0.25, -0.2) is 0 Å². The summed E-state index contributed by atoms with van der Waals surface area (Å²) in [6.45, 7) is 2.54. The summed E-state index contributed by atoms with van der Waals surface area (Å²) in [7, 11) is 0. The zero-order valence-corrected chi connectivity index (χ0v) is 9.42. The standard InChI is InChI=1S/C11H12ClN3O/c12-8-3-1-2-7-10(8)15-5-4-13-6-9(15)14-11(7)16/h1-3,9,13H,4-6H2,(H,14,16)/t9-/m1/s1. The van der Waals surface area contributed by atoms with Crippen LogP contribution in [-0.4, -0.2) is 31.7 Å². The van der Waals surface area contributed by atoms with Gasteiger partial charge in [-0.15, -0.1) is 0 Å². The van der Waals surface area contributed by atoms with Crippen molar-refractivity contribution in [2.45, 2.75) is 6.17 Å². The first-order chi connectivity index (χ1) is 7.77. The molecule has 2 N–H and O–H groups in total. The van der Waals surface area contributed by atoms with E-state index in [9.17, 15) is 4.79 Å². The van der Waals surface area contributed by atoms with E-state index >= 15 is 0 Å². The van der Waals surface area contributed by atoms with Gasteiger partial charge in [-0.2, -0.15) is 0 Å². The van der Waals surface area contributed by atoms with Crippen LogP contribution in [0.15, 0.2) is 18.2 Å². The molecule has 4 nitrogen and oxygen atoms in total. The zero-order valence-electron chi connectivity index (χ0n) is 8.66. The first kappa shape index (κ1) is 9.93. The largest absolute Gasteiger partial charge is 0.347 e. The maximum Gasteiger partial charge on any atom is 0.255 e. The molecule has 0 saturated carbocycles. The molecule has 16 heavy (non-hydrogen) atoms. The number of anilines is 1. The number of hydrogen-bond acceptors (Lipinski definition) is 3. The molecule has 0 bridgehead atoms. The van der Waals surface area contributed by atoms with E-state index in [1.54, 1.807) is 0 Å². The molecule has 2 aliphatic heterocycles. The van der Waals surface area contributed by atoms with Gasteiger partial charge >= 0.3 is 0 Å². The highest BCUT2D eigenvalue weighted by molar-refractivity contribution is 6.34. The van der Waals surface area contributed by atoms with Gasteiger partial charge in [0.2, 0.25) is 0 Å². The number of rotatable bonds is 0. The van der Waals surface area contributed by atoms with Crippen LogP contribution in [0, 0.1) is 0 Å². The third-order valence-corrected chi connectivity index (χ3v) is 3.36. The second-order valence-electron chi connectivity index (χ2n) is 4.02. The van der Waals surface area contributed by atoms with E-state index in [1.165, 1.54) is 0 Å². The summed E-state index contributed by atoms with van der Waals surface area (Å²) in [5, 5.41) is 6.87. The van der Waals surface area contributed by atoms with Gasteiger partial charge in [0.1, 0.15) is 6.17 Å². The van der Waals surface area contributed by atoms with E-state index < -0.39 is 0 Å². The maximum atomic E-state index is 11.9. The number of fused-ring (bicyclic) bond motifs is 3. The number of benzene rings is 1. The molecule has 3 rings (SSSR count). The van der Waals surface area contributed by atoms with Gasteiger partial charge in [0.05, 0.1) is 16.3 Å². The number of amides is 1. The highest BCUT2D eigenvalue weighted by Gasteiger charge is 2.33. The van der Waals surface area contributed by atoms with E-state index in [1.807, 2.05) is 18.2 Å². The molecular weight excluding hydrogens is 226 g/mol. The molecule has 0 aromatic heterocycles. The van der Waals surface area contributed by atoms with Crippen molar-refractivity contribution in [1.82, 2.24) is 10.6 Å². The Bertz CT molecular complexity index is 449. The summed E-state index contributed by atoms with van der Waals surface area (Å²) in [5.74, 6) is -0.0394. The van der Waals surface area contributed by atoms with E-state index in [2.05, 4.69) is 15.5 Å². The predicted molar refractivity (Wildman–Crippen MR) is 62.9 cm³/mol. The van der Waals surface area contributed by atoms with Gasteiger partial charge in [-0.3, -0.25) is 4.79 Å². The van der Waals surface area contributed by atoms with Gasteiger partial charge in [0.25, 0.3) is 5.91 Å². The van der Waals surface area contributed by atoms with Crippen molar-refractivity contribution in [3.63, 3.8) is 0 Å². The summed E-state index contributed by atoms with van der Waals surface area (Å²) in [4.78, 5) is 14.0. The molecule has 0 radical (unpaired) electrons. The summed E-state index contributed by atoms with van der Waals surface area (Å²) in [5.41, 5.74) is 1.55. The Morgan fingerprint density at radius 1 is 1.44 bits per heavy atom. The highest BCUT2D eigenvalue weighted by Crippen LogP contribution is 2.33. The Morgan fingerprint density at radius 2 is 2.31 bits per heavy atom. The molecule has 5 heteroatoms. The first-order valence-corrected chi connectivity index (χ1v) is 5.72. The molecule has 1 aromatic carbocycles. The molecule has 1 saturated heterocycles. The molecule has 1 aromatic rings. The number of para-hydroxylation sites is 1. The van der Waals surface area contributed by atoms with Crippen molar-refractivity contribution < 1.29 is 4.79 Å². The Labute approximate surface area is 98.6 Å². The summed E-state index contributed by atoms with van der Waals surface area (Å²) >= 11 is 6.19. The fraction of sp³-hybridized carbons (Fsp3) is 0.364. The minimum atomic E-state index is -0.0394. The van der Waals surface area contributed by atoms with Crippen LogP contribution in [-0.2, 0) is 0 Å². The molecule has 0 unspecified atom stereocenters. The quantitative estimate of drug-likeness (QED) is 0.702. The number of hydrogen-bond donors (Lipinski definition) is 2. The van der Waals surface area contributed by atoms with Crippen molar-refractivity contribution >= 4 is 23.2 Å². The Hall–Kier alpha value is -1.26. The number of piperazine rings is 1. The van der Waals surface area contributed by atoms with E-state index in [-0.39, 0.29) is 12.1 Å².